The Bertz CT molecular complexity index is 246. The van der Waals surface area contributed by atoms with Crippen LogP contribution in [0.3, 0.4) is 0 Å². The molecule has 0 atom stereocenters. The van der Waals surface area contributed by atoms with E-state index in [4.69, 9.17) is 4.74 Å². The van der Waals surface area contributed by atoms with E-state index in [2.05, 4.69) is 5.43 Å². The summed E-state index contributed by atoms with van der Waals surface area (Å²) in [4.78, 5) is 0. The molecule has 0 spiro atoms. The molecule has 0 unspecified atom stereocenters. The molecule has 0 bridgehead atoms. The summed E-state index contributed by atoms with van der Waals surface area (Å²) in [5.41, 5.74) is 4.14. The summed E-state index contributed by atoms with van der Waals surface area (Å²) in [7, 11) is 3.85. The van der Waals surface area contributed by atoms with Crippen LogP contribution >= 0.6 is 0 Å². The number of hydrazine groups is 1. The Kier molecular flexibility index (Phi) is 3.58. The number of nitrogens with one attached hydrogen (secondary N) is 1. The van der Waals surface area contributed by atoms with Crippen molar-refractivity contribution in [3.8, 4) is 5.75 Å². The fourth-order valence-electron chi connectivity index (χ4n) is 1.06. The largest absolute Gasteiger partial charge is 0.494 e. The Labute approximate surface area is 79.3 Å². The van der Waals surface area contributed by atoms with E-state index in [0.717, 1.165) is 11.4 Å². The fourth-order valence-corrected chi connectivity index (χ4v) is 1.06. The van der Waals surface area contributed by atoms with Crippen LogP contribution in [0, 0.1) is 0 Å². The van der Waals surface area contributed by atoms with Crippen molar-refractivity contribution in [1.29, 1.82) is 0 Å². The van der Waals surface area contributed by atoms with Crippen LogP contribution in [0.4, 0.5) is 5.69 Å². The number of anilines is 1. The standard InChI is InChI=1S/C10H16N2O/c1-4-13-10-7-5-9(6-8-10)12(3)11-2/h5-8,11H,4H2,1-3H3. The van der Waals surface area contributed by atoms with Crippen molar-refractivity contribution in [3.05, 3.63) is 24.3 Å². The molecule has 0 fully saturated rings. The summed E-state index contributed by atoms with van der Waals surface area (Å²) in [6.45, 7) is 2.69. The molecule has 1 aromatic rings. The van der Waals surface area contributed by atoms with Crippen molar-refractivity contribution in [3.63, 3.8) is 0 Å². The van der Waals surface area contributed by atoms with E-state index in [0.29, 0.717) is 6.61 Å². The molecule has 13 heavy (non-hydrogen) atoms. The fraction of sp³-hybridized carbons (Fsp3) is 0.400. The highest BCUT2D eigenvalue weighted by atomic mass is 16.5. The summed E-state index contributed by atoms with van der Waals surface area (Å²) in [6, 6.07) is 7.96. The average molecular weight is 180 g/mol. The van der Waals surface area contributed by atoms with Gasteiger partial charge in [-0.2, -0.15) is 0 Å². The third-order valence-corrected chi connectivity index (χ3v) is 1.87. The van der Waals surface area contributed by atoms with Crippen molar-refractivity contribution >= 4 is 5.69 Å². The first-order valence-corrected chi connectivity index (χ1v) is 4.42. The molecule has 1 rings (SSSR count). The minimum atomic E-state index is 0.710. The molecule has 0 saturated carbocycles. The van der Waals surface area contributed by atoms with E-state index in [9.17, 15) is 0 Å². The van der Waals surface area contributed by atoms with Gasteiger partial charge in [0.1, 0.15) is 5.75 Å². The van der Waals surface area contributed by atoms with Gasteiger partial charge >= 0.3 is 0 Å². The number of benzene rings is 1. The molecule has 0 amide bonds. The van der Waals surface area contributed by atoms with Crippen LogP contribution < -0.4 is 15.2 Å². The highest BCUT2D eigenvalue weighted by Crippen LogP contribution is 2.16. The molecule has 1 N–H and O–H groups in total. The lowest BCUT2D eigenvalue weighted by Gasteiger charge is -2.17. The van der Waals surface area contributed by atoms with Crippen molar-refractivity contribution in [2.75, 3.05) is 25.7 Å². The molecule has 0 aliphatic heterocycles. The molecule has 0 heterocycles. The Hall–Kier alpha value is -1.22. The van der Waals surface area contributed by atoms with Crippen LogP contribution in [0.25, 0.3) is 0 Å². The van der Waals surface area contributed by atoms with Gasteiger partial charge in [-0.3, -0.25) is 0 Å². The molecule has 0 saturated heterocycles. The second-order valence-electron chi connectivity index (χ2n) is 2.71. The minimum Gasteiger partial charge on any atom is -0.494 e. The third kappa shape index (κ3) is 2.63. The maximum Gasteiger partial charge on any atom is 0.119 e. The quantitative estimate of drug-likeness (QED) is 0.713. The monoisotopic (exact) mass is 180 g/mol. The molecular weight excluding hydrogens is 164 g/mol. The van der Waals surface area contributed by atoms with Crippen LogP contribution in [-0.4, -0.2) is 20.7 Å². The van der Waals surface area contributed by atoms with Crippen molar-refractivity contribution in [1.82, 2.24) is 5.43 Å². The van der Waals surface area contributed by atoms with Gasteiger partial charge in [0.2, 0.25) is 0 Å². The summed E-state index contributed by atoms with van der Waals surface area (Å²) < 4.78 is 5.34. The van der Waals surface area contributed by atoms with Gasteiger partial charge in [-0.1, -0.05) is 0 Å². The molecule has 1 aromatic carbocycles. The van der Waals surface area contributed by atoms with Crippen LogP contribution in [0.1, 0.15) is 6.92 Å². The van der Waals surface area contributed by atoms with Crippen molar-refractivity contribution < 1.29 is 4.74 Å². The number of hydrogen-bond acceptors (Lipinski definition) is 3. The lowest BCUT2D eigenvalue weighted by molar-refractivity contribution is 0.340. The summed E-state index contributed by atoms with van der Waals surface area (Å²) in [5, 5.41) is 1.94. The average Bonchev–Trinajstić information content (AvgIpc) is 2.18. The van der Waals surface area contributed by atoms with Crippen LogP contribution in [0.2, 0.25) is 0 Å². The molecule has 72 valence electrons. The summed E-state index contributed by atoms with van der Waals surface area (Å²) >= 11 is 0. The SMILES string of the molecule is CCOc1ccc(N(C)NC)cc1. The molecule has 0 radical (unpaired) electrons. The normalized spacial score (nSPS) is 9.77. The molecular formula is C10H16N2O. The maximum absolute atomic E-state index is 5.34. The van der Waals surface area contributed by atoms with Gasteiger partial charge in [0.05, 0.1) is 12.3 Å². The second kappa shape index (κ2) is 4.72. The first kappa shape index (κ1) is 9.86. The zero-order valence-electron chi connectivity index (χ0n) is 8.37. The topological polar surface area (TPSA) is 24.5 Å². The van der Waals surface area contributed by atoms with E-state index < -0.39 is 0 Å². The van der Waals surface area contributed by atoms with Gasteiger partial charge in [-0.25, -0.2) is 5.43 Å². The van der Waals surface area contributed by atoms with E-state index in [1.165, 1.54) is 0 Å². The van der Waals surface area contributed by atoms with Gasteiger partial charge in [-0.05, 0) is 31.2 Å². The van der Waals surface area contributed by atoms with E-state index >= 15 is 0 Å². The van der Waals surface area contributed by atoms with Gasteiger partial charge in [0.25, 0.3) is 0 Å². The first-order chi connectivity index (χ1) is 6.27. The Balaban J connectivity index is 2.69. The van der Waals surface area contributed by atoms with Crippen molar-refractivity contribution in [2.24, 2.45) is 0 Å². The molecule has 0 aromatic heterocycles. The van der Waals surface area contributed by atoms with E-state index in [-0.39, 0.29) is 0 Å². The van der Waals surface area contributed by atoms with Gasteiger partial charge < -0.3 is 9.75 Å². The van der Waals surface area contributed by atoms with Gasteiger partial charge in [0, 0.05) is 14.1 Å². The van der Waals surface area contributed by atoms with Gasteiger partial charge in [0.15, 0.2) is 0 Å². The number of rotatable bonds is 4. The Morgan fingerprint density at radius 2 is 1.92 bits per heavy atom. The zero-order valence-corrected chi connectivity index (χ0v) is 8.37. The highest BCUT2D eigenvalue weighted by molar-refractivity contribution is 5.47. The lowest BCUT2D eigenvalue weighted by Crippen LogP contribution is -2.30. The van der Waals surface area contributed by atoms with Crippen LogP contribution in [-0.2, 0) is 0 Å². The Morgan fingerprint density at radius 3 is 2.38 bits per heavy atom. The first-order valence-electron chi connectivity index (χ1n) is 4.42. The predicted molar refractivity (Wildman–Crippen MR) is 55.1 cm³/mol. The minimum absolute atomic E-state index is 0.710. The summed E-state index contributed by atoms with van der Waals surface area (Å²) in [5.74, 6) is 0.913. The molecule has 3 nitrogen and oxygen atoms in total. The summed E-state index contributed by atoms with van der Waals surface area (Å²) in [6.07, 6.45) is 0. The predicted octanol–water partition coefficient (Wildman–Crippen LogP) is 1.66. The second-order valence-corrected chi connectivity index (χ2v) is 2.71. The molecule has 0 aliphatic carbocycles. The molecule has 3 heteroatoms. The van der Waals surface area contributed by atoms with Crippen molar-refractivity contribution in [2.45, 2.75) is 6.92 Å². The maximum atomic E-state index is 5.34. The number of ether oxygens (including phenoxy) is 1. The van der Waals surface area contributed by atoms with Gasteiger partial charge in [-0.15, -0.1) is 0 Å². The van der Waals surface area contributed by atoms with E-state index in [1.807, 2.05) is 50.3 Å². The number of hydrogen-bond donors (Lipinski definition) is 1. The lowest BCUT2D eigenvalue weighted by atomic mass is 10.3. The number of nitrogens with zero attached hydrogens (tertiary/aromatic N) is 1. The molecule has 0 aliphatic rings. The zero-order chi connectivity index (χ0) is 9.68. The smallest absolute Gasteiger partial charge is 0.119 e. The van der Waals surface area contributed by atoms with Crippen LogP contribution in [0.5, 0.6) is 5.75 Å². The van der Waals surface area contributed by atoms with E-state index in [1.54, 1.807) is 0 Å². The third-order valence-electron chi connectivity index (χ3n) is 1.87. The highest BCUT2D eigenvalue weighted by Gasteiger charge is 1.97. The van der Waals surface area contributed by atoms with Crippen LogP contribution in [0.15, 0.2) is 24.3 Å². The Morgan fingerprint density at radius 1 is 1.31 bits per heavy atom.